The molecule has 1 aromatic rings. The first-order chi connectivity index (χ1) is 9.20. The molecule has 19 heavy (non-hydrogen) atoms. The average Bonchev–Trinajstić information content (AvgIpc) is 2.87. The number of urea groups is 1. The zero-order chi connectivity index (χ0) is 13.7. The number of esters is 1. The summed E-state index contributed by atoms with van der Waals surface area (Å²) in [6, 6.07) is 8.76. The van der Waals surface area contributed by atoms with Crippen LogP contribution in [0.4, 0.5) is 10.5 Å². The van der Waals surface area contributed by atoms with Gasteiger partial charge in [-0.05, 0) is 18.6 Å². The van der Waals surface area contributed by atoms with E-state index in [1.165, 1.54) is 18.9 Å². The fourth-order valence-electron chi connectivity index (χ4n) is 1.67. The van der Waals surface area contributed by atoms with Crippen molar-refractivity contribution in [2.75, 3.05) is 18.2 Å². The number of methoxy groups -OCH3 is 1. The van der Waals surface area contributed by atoms with E-state index in [9.17, 15) is 9.59 Å². The molecule has 0 spiro atoms. The first kappa shape index (κ1) is 13.5. The molecule has 2 amide bonds. The number of ether oxygens (including phenoxy) is 1. The molecule has 2 N–H and O–H groups in total. The molecular weight excluding hydrogens is 264 g/mol. The van der Waals surface area contributed by atoms with Gasteiger partial charge in [0.2, 0.25) is 0 Å². The molecule has 1 aromatic carbocycles. The van der Waals surface area contributed by atoms with E-state index in [1.807, 2.05) is 18.2 Å². The number of thioether (sulfide) groups is 1. The van der Waals surface area contributed by atoms with E-state index in [4.69, 9.17) is 0 Å². The van der Waals surface area contributed by atoms with Gasteiger partial charge in [0.1, 0.15) is 4.91 Å². The van der Waals surface area contributed by atoms with Crippen LogP contribution < -0.4 is 10.6 Å². The van der Waals surface area contributed by atoms with Crippen molar-refractivity contribution >= 4 is 29.4 Å². The standard InChI is InChI=1S/C13H14N2O3S/c1-18-12(16)11-10(7-8-19-11)15-13(17)14-9-5-3-2-4-6-9/h2-6H,7-8H2,1H3,(H2,14,15,17). The van der Waals surface area contributed by atoms with E-state index in [1.54, 1.807) is 12.1 Å². The molecule has 2 rings (SSSR count). The summed E-state index contributed by atoms with van der Waals surface area (Å²) in [6.45, 7) is 0. The van der Waals surface area contributed by atoms with Gasteiger partial charge in [0.15, 0.2) is 0 Å². The second-order valence-corrected chi connectivity index (χ2v) is 4.95. The van der Waals surface area contributed by atoms with Crippen LogP contribution in [0.25, 0.3) is 0 Å². The molecule has 0 atom stereocenters. The van der Waals surface area contributed by atoms with E-state index in [-0.39, 0.29) is 6.03 Å². The van der Waals surface area contributed by atoms with Crippen LogP contribution >= 0.6 is 11.8 Å². The number of para-hydroxylation sites is 1. The van der Waals surface area contributed by atoms with Crippen molar-refractivity contribution < 1.29 is 14.3 Å². The average molecular weight is 278 g/mol. The Labute approximate surface area is 115 Å². The van der Waals surface area contributed by atoms with Crippen molar-refractivity contribution in [1.29, 1.82) is 0 Å². The molecule has 0 aromatic heterocycles. The second kappa shape index (κ2) is 6.29. The van der Waals surface area contributed by atoms with Crippen LogP contribution in [0.5, 0.6) is 0 Å². The lowest BCUT2D eigenvalue weighted by molar-refractivity contribution is -0.135. The number of benzene rings is 1. The van der Waals surface area contributed by atoms with Crippen LogP contribution in [-0.4, -0.2) is 24.9 Å². The van der Waals surface area contributed by atoms with Gasteiger partial charge in [-0.15, -0.1) is 11.8 Å². The van der Waals surface area contributed by atoms with Gasteiger partial charge in [0.05, 0.1) is 7.11 Å². The molecule has 5 nitrogen and oxygen atoms in total. The fraction of sp³-hybridized carbons (Fsp3) is 0.231. The second-order valence-electron chi connectivity index (χ2n) is 3.84. The van der Waals surface area contributed by atoms with E-state index >= 15 is 0 Å². The smallest absolute Gasteiger partial charge is 0.346 e. The Hall–Kier alpha value is -1.95. The molecule has 0 bridgehead atoms. The van der Waals surface area contributed by atoms with Crippen LogP contribution in [0.1, 0.15) is 6.42 Å². The van der Waals surface area contributed by atoms with Gasteiger partial charge in [-0.2, -0.15) is 0 Å². The van der Waals surface area contributed by atoms with Crippen molar-refractivity contribution in [1.82, 2.24) is 5.32 Å². The van der Waals surface area contributed by atoms with Gasteiger partial charge in [0, 0.05) is 17.1 Å². The van der Waals surface area contributed by atoms with Crippen LogP contribution in [0.15, 0.2) is 40.9 Å². The molecule has 0 unspecified atom stereocenters. The maximum atomic E-state index is 11.8. The number of anilines is 1. The van der Waals surface area contributed by atoms with E-state index < -0.39 is 5.97 Å². The molecule has 100 valence electrons. The van der Waals surface area contributed by atoms with Gasteiger partial charge >= 0.3 is 12.0 Å². The first-order valence-electron chi connectivity index (χ1n) is 5.78. The minimum Gasteiger partial charge on any atom is -0.465 e. The van der Waals surface area contributed by atoms with Crippen LogP contribution in [0, 0.1) is 0 Å². The molecule has 0 saturated carbocycles. The van der Waals surface area contributed by atoms with Crippen molar-refractivity contribution in [3.05, 3.63) is 40.9 Å². The fourth-order valence-corrected chi connectivity index (χ4v) is 2.71. The Morgan fingerprint density at radius 3 is 2.63 bits per heavy atom. The molecule has 0 saturated heterocycles. The van der Waals surface area contributed by atoms with Crippen molar-refractivity contribution in [2.45, 2.75) is 6.42 Å². The zero-order valence-corrected chi connectivity index (χ0v) is 11.3. The highest BCUT2D eigenvalue weighted by Crippen LogP contribution is 2.30. The maximum Gasteiger partial charge on any atom is 0.346 e. The van der Waals surface area contributed by atoms with E-state index in [0.29, 0.717) is 22.7 Å². The Morgan fingerprint density at radius 1 is 1.21 bits per heavy atom. The third-order valence-corrected chi connectivity index (χ3v) is 3.65. The van der Waals surface area contributed by atoms with Crippen molar-refractivity contribution in [3.63, 3.8) is 0 Å². The molecule has 0 aliphatic carbocycles. The first-order valence-corrected chi connectivity index (χ1v) is 6.76. The molecule has 6 heteroatoms. The number of nitrogens with one attached hydrogen (secondary N) is 2. The lowest BCUT2D eigenvalue weighted by Gasteiger charge is -2.09. The lowest BCUT2D eigenvalue weighted by Crippen LogP contribution is -2.28. The van der Waals surface area contributed by atoms with Gasteiger partial charge in [-0.1, -0.05) is 18.2 Å². The van der Waals surface area contributed by atoms with Gasteiger partial charge in [0.25, 0.3) is 0 Å². The number of rotatable bonds is 3. The highest BCUT2D eigenvalue weighted by atomic mass is 32.2. The van der Waals surface area contributed by atoms with Crippen LogP contribution in [-0.2, 0) is 9.53 Å². The number of hydrogen-bond acceptors (Lipinski definition) is 4. The number of carbonyl (C=O) groups excluding carboxylic acids is 2. The topological polar surface area (TPSA) is 67.4 Å². The summed E-state index contributed by atoms with van der Waals surface area (Å²) in [5.74, 6) is 0.364. The van der Waals surface area contributed by atoms with E-state index in [2.05, 4.69) is 15.4 Å². The maximum absolute atomic E-state index is 11.8. The molecule has 1 heterocycles. The molecule has 0 radical (unpaired) electrons. The summed E-state index contributed by atoms with van der Waals surface area (Å²) in [6.07, 6.45) is 0.650. The minimum absolute atomic E-state index is 0.356. The quantitative estimate of drug-likeness (QED) is 0.833. The highest BCUT2D eigenvalue weighted by Gasteiger charge is 2.23. The number of carbonyl (C=O) groups is 2. The SMILES string of the molecule is COC(=O)C1=C(NC(=O)Nc2ccccc2)CCS1. The summed E-state index contributed by atoms with van der Waals surface area (Å²) in [4.78, 5) is 23.8. The normalized spacial score (nSPS) is 14.2. The minimum atomic E-state index is -0.405. The molecule has 1 aliphatic rings. The summed E-state index contributed by atoms with van der Waals surface area (Å²) in [5, 5.41) is 5.40. The highest BCUT2D eigenvalue weighted by molar-refractivity contribution is 8.04. The van der Waals surface area contributed by atoms with Crippen molar-refractivity contribution in [3.8, 4) is 0 Å². The number of allylic oxidation sites excluding steroid dienone is 1. The third kappa shape index (κ3) is 3.51. The Kier molecular flexibility index (Phi) is 4.46. The Morgan fingerprint density at radius 2 is 1.95 bits per heavy atom. The number of amides is 2. The number of hydrogen-bond donors (Lipinski definition) is 2. The third-order valence-electron chi connectivity index (χ3n) is 2.54. The van der Waals surface area contributed by atoms with Gasteiger partial charge in [-0.25, -0.2) is 9.59 Å². The summed E-state index contributed by atoms with van der Waals surface area (Å²) in [7, 11) is 1.33. The van der Waals surface area contributed by atoms with E-state index in [0.717, 1.165) is 5.75 Å². The lowest BCUT2D eigenvalue weighted by atomic mass is 10.3. The van der Waals surface area contributed by atoms with Gasteiger partial charge in [-0.3, -0.25) is 0 Å². The van der Waals surface area contributed by atoms with Gasteiger partial charge < -0.3 is 15.4 Å². The predicted octanol–water partition coefficient (Wildman–Crippen LogP) is 2.33. The van der Waals surface area contributed by atoms with Crippen molar-refractivity contribution in [2.24, 2.45) is 0 Å². The Bertz CT molecular complexity index is 514. The summed E-state index contributed by atoms with van der Waals surface area (Å²) >= 11 is 1.39. The zero-order valence-electron chi connectivity index (χ0n) is 10.4. The monoisotopic (exact) mass is 278 g/mol. The van der Waals surface area contributed by atoms with Crippen LogP contribution in [0.2, 0.25) is 0 Å². The van der Waals surface area contributed by atoms with Crippen LogP contribution in [0.3, 0.4) is 0 Å². The molecule has 1 aliphatic heterocycles. The largest absolute Gasteiger partial charge is 0.465 e. The summed E-state index contributed by atoms with van der Waals surface area (Å²) < 4.78 is 4.67. The predicted molar refractivity (Wildman–Crippen MR) is 74.7 cm³/mol. The Balaban J connectivity index is 2.00. The summed E-state index contributed by atoms with van der Waals surface area (Å²) in [5.41, 5.74) is 1.32. The molecule has 0 fully saturated rings. The molecular formula is C13H14N2O3S.